The first-order chi connectivity index (χ1) is 4.92. The summed E-state index contributed by atoms with van der Waals surface area (Å²) >= 11 is 0. The molecule has 49 valence electrons. The van der Waals surface area contributed by atoms with Crippen molar-refractivity contribution in [3.05, 3.63) is 34.9 Å². The Morgan fingerprint density at radius 1 is 1.30 bits per heavy atom. The zero-order chi connectivity index (χ0) is 6.97. The van der Waals surface area contributed by atoms with Crippen LogP contribution in [0.1, 0.15) is 16.7 Å². The maximum absolute atomic E-state index is 10.3. The summed E-state index contributed by atoms with van der Waals surface area (Å²) in [6.07, 6.45) is 4.12. The lowest BCUT2D eigenvalue weighted by Crippen LogP contribution is -2.10. The second-order valence-electron chi connectivity index (χ2n) is 2.55. The summed E-state index contributed by atoms with van der Waals surface area (Å²) in [7, 11) is 0. The topological polar surface area (TPSA) is 17.1 Å². The largest absolute Gasteiger partial charge is 0.285 e. The molecule has 2 rings (SSSR count). The molecule has 0 spiro atoms. The molecule has 10 heavy (non-hydrogen) atoms. The average Bonchev–Trinajstić information content (AvgIpc) is 1.91. The minimum Gasteiger partial charge on any atom is -0.285 e. The Morgan fingerprint density at radius 3 is 2.70 bits per heavy atom. The molecule has 1 aliphatic carbocycles. The Labute approximate surface area is 59.7 Å². The van der Waals surface area contributed by atoms with E-state index >= 15 is 0 Å². The van der Waals surface area contributed by atoms with Gasteiger partial charge in [-0.1, -0.05) is 18.2 Å². The predicted molar refractivity (Wildman–Crippen MR) is 38.6 cm³/mol. The number of rotatable bonds is 1. The number of benzene rings is 1. The van der Waals surface area contributed by atoms with Gasteiger partial charge in [0.2, 0.25) is 6.29 Å². The molecule has 0 atom stereocenters. The van der Waals surface area contributed by atoms with E-state index in [1.807, 2.05) is 18.4 Å². The van der Waals surface area contributed by atoms with Crippen molar-refractivity contribution < 1.29 is 4.79 Å². The van der Waals surface area contributed by atoms with Crippen LogP contribution in [-0.2, 0) is 17.6 Å². The van der Waals surface area contributed by atoms with Crippen LogP contribution in [0.2, 0.25) is 0 Å². The minimum atomic E-state index is 0.753. The lowest BCUT2D eigenvalue weighted by Gasteiger charge is -2.19. The predicted octanol–water partition coefficient (Wildman–Crippen LogP) is 1.24. The Bertz CT molecular complexity index is 276. The first kappa shape index (κ1) is 5.66. The lowest BCUT2D eigenvalue weighted by molar-refractivity contribution is 0.562. The molecule has 1 aliphatic rings. The smallest absolute Gasteiger partial charge is 0.233 e. The Kier molecular flexibility index (Phi) is 1.10. The maximum Gasteiger partial charge on any atom is 0.233 e. The zero-order valence-corrected chi connectivity index (χ0v) is 5.55. The van der Waals surface area contributed by atoms with E-state index in [4.69, 9.17) is 0 Å². The van der Waals surface area contributed by atoms with E-state index < -0.39 is 0 Å². The molecule has 1 nitrogen and oxygen atoms in total. The quantitative estimate of drug-likeness (QED) is 0.560. The van der Waals surface area contributed by atoms with Crippen LogP contribution in [0.4, 0.5) is 0 Å². The number of hydrogen-bond acceptors (Lipinski definition) is 1. The number of aryl methyl sites for hydroxylation is 1. The van der Waals surface area contributed by atoms with E-state index in [1.54, 1.807) is 0 Å². The van der Waals surface area contributed by atoms with E-state index in [0.717, 1.165) is 18.4 Å². The highest BCUT2D eigenvalue weighted by molar-refractivity contribution is 5.79. The van der Waals surface area contributed by atoms with Gasteiger partial charge in [0.05, 0.1) is 0 Å². The van der Waals surface area contributed by atoms with Crippen LogP contribution in [0, 0.1) is 0 Å². The van der Waals surface area contributed by atoms with Crippen LogP contribution in [0.15, 0.2) is 18.2 Å². The van der Waals surface area contributed by atoms with Gasteiger partial charge in [-0.05, 0) is 24.0 Å². The molecule has 0 N–H and O–H groups in total. The summed E-state index contributed by atoms with van der Waals surface area (Å²) in [6, 6.07) is 5.81. The highest BCUT2D eigenvalue weighted by Crippen LogP contribution is 2.24. The number of fused-ring (bicyclic) bond motifs is 1. The summed E-state index contributed by atoms with van der Waals surface area (Å²) < 4.78 is 0. The Hall–Kier alpha value is -1.11. The highest BCUT2D eigenvalue weighted by atomic mass is 16.1. The van der Waals surface area contributed by atoms with Gasteiger partial charge in [-0.25, -0.2) is 0 Å². The molecule has 0 saturated heterocycles. The third-order valence-electron chi connectivity index (χ3n) is 2.03. The van der Waals surface area contributed by atoms with Gasteiger partial charge >= 0.3 is 0 Å². The molecule has 0 aromatic heterocycles. The van der Waals surface area contributed by atoms with Crippen molar-refractivity contribution in [2.45, 2.75) is 12.8 Å². The number of hydrogen-bond donors (Lipinski definition) is 0. The molecular weight excluding hydrogens is 124 g/mol. The fourth-order valence-electron chi connectivity index (χ4n) is 1.34. The van der Waals surface area contributed by atoms with E-state index in [-0.39, 0.29) is 0 Å². The van der Waals surface area contributed by atoms with Gasteiger partial charge in [0.15, 0.2) is 0 Å². The van der Waals surface area contributed by atoms with Gasteiger partial charge in [0.1, 0.15) is 0 Å². The van der Waals surface area contributed by atoms with Crippen LogP contribution in [0.25, 0.3) is 0 Å². The third kappa shape index (κ3) is 0.604. The van der Waals surface area contributed by atoms with Crippen molar-refractivity contribution in [3.63, 3.8) is 0 Å². The molecule has 0 unspecified atom stereocenters. The van der Waals surface area contributed by atoms with Crippen molar-refractivity contribution in [1.29, 1.82) is 0 Å². The van der Waals surface area contributed by atoms with E-state index in [0.29, 0.717) is 0 Å². The summed E-state index contributed by atoms with van der Waals surface area (Å²) in [4.78, 5) is 10.3. The van der Waals surface area contributed by atoms with Gasteiger partial charge < -0.3 is 0 Å². The van der Waals surface area contributed by atoms with E-state index in [1.165, 1.54) is 11.1 Å². The van der Waals surface area contributed by atoms with Crippen LogP contribution in [-0.4, -0.2) is 6.29 Å². The monoisotopic (exact) mass is 131 g/mol. The molecule has 0 fully saturated rings. The molecular formula is C9H7O. The van der Waals surface area contributed by atoms with Crippen molar-refractivity contribution >= 4 is 6.29 Å². The second kappa shape index (κ2) is 1.94. The van der Waals surface area contributed by atoms with Gasteiger partial charge in [0.25, 0.3) is 0 Å². The van der Waals surface area contributed by atoms with Crippen LogP contribution in [0.5, 0.6) is 0 Å². The molecule has 0 heterocycles. The van der Waals surface area contributed by atoms with Gasteiger partial charge in [-0.3, -0.25) is 4.79 Å². The number of carbonyl (C=O) groups excluding carboxylic acids is 1. The Balaban J connectivity index is 2.60. The van der Waals surface area contributed by atoms with Crippen molar-refractivity contribution in [1.82, 2.24) is 0 Å². The zero-order valence-electron chi connectivity index (χ0n) is 5.55. The maximum atomic E-state index is 10.3. The SMILES string of the molecule is O=[C]c1cccc2c1CC2. The molecule has 0 saturated carbocycles. The molecule has 0 aliphatic heterocycles. The van der Waals surface area contributed by atoms with E-state index in [9.17, 15) is 4.79 Å². The molecule has 0 amide bonds. The molecule has 1 aromatic rings. The fourth-order valence-corrected chi connectivity index (χ4v) is 1.34. The van der Waals surface area contributed by atoms with Crippen LogP contribution in [0.3, 0.4) is 0 Å². The average molecular weight is 131 g/mol. The standard InChI is InChI=1S/C9H7O/c10-6-8-3-1-2-7-4-5-9(7)8/h1-3H,4-5H2. The first-order valence-electron chi connectivity index (χ1n) is 3.41. The van der Waals surface area contributed by atoms with Crippen molar-refractivity contribution in [3.8, 4) is 0 Å². The van der Waals surface area contributed by atoms with Crippen molar-refractivity contribution in [2.24, 2.45) is 0 Å². The van der Waals surface area contributed by atoms with Gasteiger partial charge in [-0.15, -0.1) is 0 Å². The van der Waals surface area contributed by atoms with Crippen LogP contribution >= 0.6 is 0 Å². The van der Waals surface area contributed by atoms with E-state index in [2.05, 4.69) is 6.07 Å². The first-order valence-corrected chi connectivity index (χ1v) is 3.41. The van der Waals surface area contributed by atoms with Gasteiger partial charge in [0, 0.05) is 5.56 Å². The summed E-state index contributed by atoms with van der Waals surface area (Å²) in [5.41, 5.74) is 3.28. The minimum absolute atomic E-state index is 0.753. The normalized spacial score (nSPS) is 13.6. The lowest BCUT2D eigenvalue weighted by atomic mass is 9.85. The summed E-state index contributed by atoms with van der Waals surface area (Å²) in [5, 5.41) is 0. The molecule has 1 heteroatoms. The molecule has 1 aromatic carbocycles. The molecule has 1 radical (unpaired) electrons. The fraction of sp³-hybridized carbons (Fsp3) is 0.222. The summed E-state index contributed by atoms with van der Waals surface area (Å²) in [6.45, 7) is 0. The molecule has 0 bridgehead atoms. The Morgan fingerprint density at radius 2 is 2.20 bits per heavy atom. The van der Waals surface area contributed by atoms with Crippen LogP contribution < -0.4 is 0 Å². The highest BCUT2D eigenvalue weighted by Gasteiger charge is 2.15. The van der Waals surface area contributed by atoms with Crippen molar-refractivity contribution in [2.75, 3.05) is 0 Å². The third-order valence-corrected chi connectivity index (χ3v) is 2.03. The summed E-state index contributed by atoms with van der Waals surface area (Å²) in [5.74, 6) is 0. The van der Waals surface area contributed by atoms with Gasteiger partial charge in [-0.2, -0.15) is 0 Å². The second-order valence-corrected chi connectivity index (χ2v) is 2.55.